The number of aryl methyl sites for hydroxylation is 1. The highest BCUT2D eigenvalue weighted by Gasteiger charge is 2.24. The van der Waals surface area contributed by atoms with Gasteiger partial charge >= 0.3 is 0 Å². The molecule has 0 aliphatic carbocycles. The zero-order chi connectivity index (χ0) is 23.3. The highest BCUT2D eigenvalue weighted by molar-refractivity contribution is 7.99. The topological polar surface area (TPSA) is 80.0 Å². The van der Waals surface area contributed by atoms with E-state index in [1.54, 1.807) is 18.6 Å². The van der Waals surface area contributed by atoms with E-state index in [-0.39, 0.29) is 5.91 Å². The number of benzene rings is 1. The van der Waals surface area contributed by atoms with Crippen LogP contribution in [-0.4, -0.2) is 67.5 Å². The second kappa shape index (κ2) is 10.0. The molecule has 3 aromatic heterocycles. The maximum absolute atomic E-state index is 13.0. The van der Waals surface area contributed by atoms with Gasteiger partial charge < -0.3 is 9.80 Å². The molecule has 0 bridgehead atoms. The minimum Gasteiger partial charge on any atom is -0.353 e. The van der Waals surface area contributed by atoms with Gasteiger partial charge in [-0.15, -0.1) is 10.2 Å². The van der Waals surface area contributed by atoms with Crippen molar-refractivity contribution in [3.63, 3.8) is 0 Å². The van der Waals surface area contributed by atoms with E-state index in [0.29, 0.717) is 29.8 Å². The molecule has 172 valence electrons. The molecule has 34 heavy (non-hydrogen) atoms. The number of hydrogen-bond acceptors (Lipinski definition) is 7. The third-order valence-electron chi connectivity index (χ3n) is 5.84. The van der Waals surface area contributed by atoms with E-state index < -0.39 is 0 Å². The third-order valence-corrected chi connectivity index (χ3v) is 6.75. The summed E-state index contributed by atoms with van der Waals surface area (Å²) in [6.07, 6.45) is 5.31. The molecule has 5 rings (SSSR count). The van der Waals surface area contributed by atoms with Gasteiger partial charge in [-0.3, -0.25) is 14.3 Å². The van der Waals surface area contributed by atoms with Crippen LogP contribution >= 0.6 is 11.8 Å². The van der Waals surface area contributed by atoms with Gasteiger partial charge in [0.1, 0.15) is 5.82 Å². The second-order valence-corrected chi connectivity index (χ2v) is 8.96. The summed E-state index contributed by atoms with van der Waals surface area (Å²) in [5.74, 6) is 2.08. The van der Waals surface area contributed by atoms with E-state index in [4.69, 9.17) is 0 Å². The molecule has 1 saturated heterocycles. The predicted molar refractivity (Wildman–Crippen MR) is 133 cm³/mol. The summed E-state index contributed by atoms with van der Waals surface area (Å²) in [6, 6.07) is 17.9. The van der Waals surface area contributed by atoms with Crippen molar-refractivity contribution >= 4 is 23.5 Å². The van der Waals surface area contributed by atoms with Crippen LogP contribution in [0.5, 0.6) is 0 Å². The van der Waals surface area contributed by atoms with Crippen LogP contribution in [0.3, 0.4) is 0 Å². The summed E-state index contributed by atoms with van der Waals surface area (Å²) < 4.78 is 2.02. The van der Waals surface area contributed by atoms with Gasteiger partial charge in [-0.05, 0) is 42.8 Å². The maximum atomic E-state index is 13.0. The fraction of sp³-hybridized carbons (Fsp3) is 0.240. The average molecular weight is 472 g/mol. The number of para-hydroxylation sites is 1. The molecule has 0 N–H and O–H groups in total. The lowest BCUT2D eigenvalue weighted by atomic mass is 10.2. The van der Waals surface area contributed by atoms with Crippen molar-refractivity contribution in [2.75, 3.05) is 36.8 Å². The number of hydrogen-bond donors (Lipinski definition) is 0. The van der Waals surface area contributed by atoms with Crippen molar-refractivity contribution in [3.8, 4) is 17.1 Å². The van der Waals surface area contributed by atoms with E-state index in [9.17, 15) is 4.79 Å². The van der Waals surface area contributed by atoms with Crippen LogP contribution in [0.1, 0.15) is 5.56 Å². The van der Waals surface area contributed by atoms with E-state index in [1.807, 2.05) is 58.0 Å². The zero-order valence-electron chi connectivity index (χ0n) is 18.9. The molecule has 1 aromatic carbocycles. The smallest absolute Gasteiger partial charge is 0.233 e. The number of anilines is 1. The molecule has 0 radical (unpaired) electrons. The van der Waals surface area contributed by atoms with Crippen molar-refractivity contribution in [1.82, 2.24) is 29.6 Å². The molecule has 4 aromatic rings. The Morgan fingerprint density at radius 2 is 1.76 bits per heavy atom. The van der Waals surface area contributed by atoms with Crippen LogP contribution in [0.4, 0.5) is 5.82 Å². The molecular formula is C25H25N7OS. The fourth-order valence-electron chi connectivity index (χ4n) is 4.02. The van der Waals surface area contributed by atoms with Gasteiger partial charge in [0.05, 0.1) is 11.4 Å². The lowest BCUT2D eigenvalue weighted by Gasteiger charge is -2.35. The van der Waals surface area contributed by atoms with Crippen LogP contribution in [0.2, 0.25) is 0 Å². The van der Waals surface area contributed by atoms with Crippen molar-refractivity contribution < 1.29 is 4.79 Å². The lowest BCUT2D eigenvalue weighted by Crippen LogP contribution is -2.49. The summed E-state index contributed by atoms with van der Waals surface area (Å²) in [7, 11) is 0. The first-order chi connectivity index (χ1) is 16.7. The lowest BCUT2D eigenvalue weighted by molar-refractivity contribution is -0.128. The minimum atomic E-state index is 0.105. The maximum Gasteiger partial charge on any atom is 0.233 e. The minimum absolute atomic E-state index is 0.105. The van der Waals surface area contributed by atoms with E-state index >= 15 is 0 Å². The van der Waals surface area contributed by atoms with Gasteiger partial charge in [-0.25, -0.2) is 4.98 Å². The molecule has 1 fully saturated rings. The Labute approximate surface area is 202 Å². The highest BCUT2D eigenvalue weighted by atomic mass is 32.2. The third kappa shape index (κ3) is 4.65. The molecule has 0 saturated carbocycles. The van der Waals surface area contributed by atoms with Gasteiger partial charge in [-0.1, -0.05) is 36.0 Å². The number of thioether (sulfide) groups is 1. The second-order valence-electron chi connectivity index (χ2n) is 8.01. The Hall–Kier alpha value is -3.72. The quantitative estimate of drug-likeness (QED) is 0.398. The molecule has 0 spiro atoms. The molecular weight excluding hydrogens is 446 g/mol. The Kier molecular flexibility index (Phi) is 6.53. The highest BCUT2D eigenvalue weighted by Crippen LogP contribution is 2.29. The Morgan fingerprint density at radius 3 is 2.50 bits per heavy atom. The first kappa shape index (κ1) is 22.1. The predicted octanol–water partition coefficient (Wildman–Crippen LogP) is 3.47. The normalized spacial score (nSPS) is 13.8. The standard InChI is InChI=1S/C25H25N7OS/c1-19-7-2-3-9-21(19)32-24(20-8-6-11-26-17-20)28-29-25(32)34-18-23(33)31-15-13-30(14-16-31)22-10-4-5-12-27-22/h2-12,17H,13-16,18H2,1H3. The van der Waals surface area contributed by atoms with E-state index in [0.717, 1.165) is 35.7 Å². The monoisotopic (exact) mass is 471 g/mol. The van der Waals surface area contributed by atoms with Crippen LogP contribution < -0.4 is 4.90 Å². The van der Waals surface area contributed by atoms with Crippen LogP contribution in [0, 0.1) is 6.92 Å². The number of amides is 1. The molecule has 0 unspecified atom stereocenters. The van der Waals surface area contributed by atoms with Crippen molar-refractivity contribution in [2.24, 2.45) is 0 Å². The van der Waals surface area contributed by atoms with Gasteiger partial charge in [0.25, 0.3) is 0 Å². The first-order valence-electron chi connectivity index (χ1n) is 11.2. The summed E-state index contributed by atoms with van der Waals surface area (Å²) in [4.78, 5) is 25.8. The largest absolute Gasteiger partial charge is 0.353 e. The van der Waals surface area contributed by atoms with Gasteiger partial charge in [0.15, 0.2) is 11.0 Å². The Bertz CT molecular complexity index is 1250. The van der Waals surface area contributed by atoms with Crippen molar-refractivity contribution in [3.05, 3.63) is 78.8 Å². The number of carbonyl (C=O) groups is 1. The number of nitrogens with zero attached hydrogens (tertiary/aromatic N) is 7. The first-order valence-corrected chi connectivity index (χ1v) is 12.2. The Morgan fingerprint density at radius 1 is 0.941 bits per heavy atom. The molecule has 1 amide bonds. The number of aromatic nitrogens is 5. The summed E-state index contributed by atoms with van der Waals surface area (Å²) in [5.41, 5.74) is 2.97. The van der Waals surface area contributed by atoms with Crippen LogP contribution in [-0.2, 0) is 4.79 Å². The summed E-state index contributed by atoms with van der Waals surface area (Å²) in [5, 5.41) is 9.58. The van der Waals surface area contributed by atoms with Gasteiger partial charge in [0, 0.05) is 50.3 Å². The molecule has 1 aliphatic heterocycles. The number of carbonyl (C=O) groups excluding carboxylic acids is 1. The number of piperazine rings is 1. The SMILES string of the molecule is Cc1ccccc1-n1c(SCC(=O)N2CCN(c3ccccn3)CC2)nnc1-c1cccnc1. The van der Waals surface area contributed by atoms with E-state index in [1.165, 1.54) is 11.8 Å². The van der Waals surface area contributed by atoms with E-state index in [2.05, 4.69) is 38.1 Å². The van der Waals surface area contributed by atoms with Gasteiger partial charge in [-0.2, -0.15) is 0 Å². The molecule has 9 heteroatoms. The van der Waals surface area contributed by atoms with Gasteiger partial charge in [0.2, 0.25) is 5.91 Å². The molecule has 4 heterocycles. The van der Waals surface area contributed by atoms with Crippen molar-refractivity contribution in [2.45, 2.75) is 12.1 Å². The number of rotatable bonds is 6. The molecule has 0 atom stereocenters. The molecule has 1 aliphatic rings. The van der Waals surface area contributed by atoms with Crippen LogP contribution in [0.25, 0.3) is 17.1 Å². The molecule has 8 nitrogen and oxygen atoms in total. The number of pyridine rings is 2. The zero-order valence-corrected chi connectivity index (χ0v) is 19.7. The summed E-state index contributed by atoms with van der Waals surface area (Å²) >= 11 is 1.42. The summed E-state index contributed by atoms with van der Waals surface area (Å²) in [6.45, 7) is 4.97. The Balaban J connectivity index is 1.31. The fourth-order valence-corrected chi connectivity index (χ4v) is 4.87. The van der Waals surface area contributed by atoms with Crippen molar-refractivity contribution in [1.29, 1.82) is 0 Å². The van der Waals surface area contributed by atoms with Crippen LogP contribution in [0.15, 0.2) is 78.3 Å². The average Bonchev–Trinajstić information content (AvgIpc) is 3.32.